The van der Waals surface area contributed by atoms with Gasteiger partial charge in [-0.15, -0.1) is 0 Å². The highest BCUT2D eigenvalue weighted by atomic mass is 19.4. The Hall–Kier alpha value is -4.39. The number of benzene rings is 2. The summed E-state index contributed by atoms with van der Waals surface area (Å²) in [4.78, 5) is 43.8. The number of carbonyl (C=O) groups excluding carboxylic acids is 2. The number of nitrogens with zero attached hydrogens (tertiary/aromatic N) is 6. The number of carbonyl (C=O) groups is 2. The fraction of sp³-hybridized carbons (Fsp3) is 0.526. The molecule has 0 radical (unpaired) electrons. The topological polar surface area (TPSA) is 91.3 Å². The summed E-state index contributed by atoms with van der Waals surface area (Å²) in [6.45, 7) is 4.97. The number of hydrogen-bond acceptors (Lipinski definition) is 8. The lowest BCUT2D eigenvalue weighted by molar-refractivity contribution is -0.137. The quantitative estimate of drug-likeness (QED) is 0.299. The molecule has 51 heavy (non-hydrogen) atoms. The molecule has 4 heterocycles. The summed E-state index contributed by atoms with van der Waals surface area (Å²) in [5, 5.41) is 0. The van der Waals surface area contributed by atoms with Crippen molar-refractivity contribution in [3.8, 4) is 5.75 Å². The zero-order chi connectivity index (χ0) is 36.4. The van der Waals surface area contributed by atoms with E-state index in [4.69, 9.17) is 9.47 Å². The lowest BCUT2D eigenvalue weighted by Gasteiger charge is -2.36. The third-order valence-electron chi connectivity index (χ3n) is 10.8. The molecule has 0 spiro atoms. The number of ether oxygens (including phenoxy) is 2. The smallest absolute Gasteiger partial charge is 0.416 e. The van der Waals surface area contributed by atoms with Crippen LogP contribution >= 0.6 is 0 Å². The molecule has 6 rings (SSSR count). The molecule has 3 aliphatic rings. The van der Waals surface area contributed by atoms with Crippen molar-refractivity contribution < 1.29 is 32.2 Å². The zero-order valence-electron chi connectivity index (χ0n) is 29.9. The van der Waals surface area contributed by atoms with Crippen LogP contribution in [0.3, 0.4) is 0 Å². The normalized spacial score (nSPS) is 22.8. The highest BCUT2D eigenvalue weighted by Gasteiger charge is 2.46. The number of likely N-dealkylation sites (tertiary alicyclic amines) is 1. The van der Waals surface area contributed by atoms with Crippen LogP contribution in [0.1, 0.15) is 47.2 Å². The van der Waals surface area contributed by atoms with Crippen LogP contribution in [0.4, 0.5) is 24.7 Å². The summed E-state index contributed by atoms with van der Waals surface area (Å²) in [7, 11) is 6.68. The van der Waals surface area contributed by atoms with E-state index in [1.807, 2.05) is 47.1 Å². The lowest BCUT2D eigenvalue weighted by atomic mass is 9.86. The largest absolute Gasteiger partial charge is 0.497 e. The van der Waals surface area contributed by atoms with Crippen molar-refractivity contribution in [2.45, 2.75) is 37.8 Å². The molecule has 2 aromatic carbocycles. The highest BCUT2D eigenvalue weighted by molar-refractivity contribution is 5.82. The molecule has 0 aliphatic carbocycles. The number of methoxy groups -OCH3 is 2. The molecule has 4 atom stereocenters. The van der Waals surface area contributed by atoms with Crippen molar-refractivity contribution in [2.24, 2.45) is 17.8 Å². The van der Waals surface area contributed by atoms with Gasteiger partial charge in [-0.2, -0.15) is 13.2 Å². The number of anilines is 2. The Morgan fingerprint density at radius 2 is 1.65 bits per heavy atom. The summed E-state index contributed by atoms with van der Waals surface area (Å²) in [5.74, 6) is 1.16. The minimum atomic E-state index is -4.51. The summed E-state index contributed by atoms with van der Waals surface area (Å²) in [6, 6.07) is 13.7. The van der Waals surface area contributed by atoms with Gasteiger partial charge in [0, 0.05) is 96.0 Å². The Kier molecular flexibility index (Phi) is 10.8. The monoisotopic (exact) mass is 708 g/mol. The van der Waals surface area contributed by atoms with Crippen LogP contribution in [0.25, 0.3) is 0 Å². The average Bonchev–Trinajstić information content (AvgIpc) is 3.76. The zero-order valence-corrected chi connectivity index (χ0v) is 29.9. The molecule has 1 aromatic heterocycles. The van der Waals surface area contributed by atoms with Crippen LogP contribution in [0.2, 0.25) is 0 Å². The van der Waals surface area contributed by atoms with Gasteiger partial charge in [-0.3, -0.25) is 9.59 Å². The van der Waals surface area contributed by atoms with E-state index in [9.17, 15) is 22.8 Å². The van der Waals surface area contributed by atoms with Crippen molar-refractivity contribution in [3.63, 3.8) is 0 Å². The number of piperidine rings is 1. The van der Waals surface area contributed by atoms with Crippen molar-refractivity contribution in [1.82, 2.24) is 19.8 Å². The van der Waals surface area contributed by atoms with Crippen LogP contribution in [0.5, 0.6) is 5.75 Å². The number of alkyl halides is 3. The van der Waals surface area contributed by atoms with E-state index in [2.05, 4.69) is 14.9 Å². The van der Waals surface area contributed by atoms with Gasteiger partial charge in [-0.25, -0.2) is 9.97 Å². The van der Waals surface area contributed by atoms with E-state index in [1.54, 1.807) is 45.5 Å². The number of hydrogen-bond donors (Lipinski definition) is 0. The molecule has 3 aliphatic heterocycles. The predicted molar refractivity (Wildman–Crippen MR) is 188 cm³/mol. The Morgan fingerprint density at radius 1 is 0.922 bits per heavy atom. The fourth-order valence-electron chi connectivity index (χ4n) is 8.11. The number of rotatable bonds is 9. The van der Waals surface area contributed by atoms with Crippen LogP contribution < -0.4 is 14.5 Å². The maximum atomic E-state index is 14.7. The van der Waals surface area contributed by atoms with Crippen molar-refractivity contribution in [3.05, 3.63) is 77.2 Å². The van der Waals surface area contributed by atoms with E-state index in [0.717, 1.165) is 28.8 Å². The summed E-state index contributed by atoms with van der Waals surface area (Å²) >= 11 is 0. The minimum absolute atomic E-state index is 0.00386. The number of halogens is 3. The molecule has 2 amide bonds. The molecule has 0 saturated carbocycles. The first-order valence-electron chi connectivity index (χ1n) is 17.5. The van der Waals surface area contributed by atoms with Gasteiger partial charge in [0.05, 0.1) is 25.2 Å². The van der Waals surface area contributed by atoms with Crippen LogP contribution in [0.15, 0.2) is 54.7 Å². The average molecular weight is 709 g/mol. The first-order valence-corrected chi connectivity index (χ1v) is 17.5. The van der Waals surface area contributed by atoms with Gasteiger partial charge in [-0.05, 0) is 61.2 Å². The second kappa shape index (κ2) is 15.1. The molecule has 13 heteroatoms. The van der Waals surface area contributed by atoms with Crippen LogP contribution in [-0.2, 0) is 20.5 Å². The van der Waals surface area contributed by atoms with Gasteiger partial charge < -0.3 is 29.1 Å². The SMILES string of the molecule is COC[C@H]1CN(C(=O)[C@@H]2CN(c3ccnc(C)n3)C[C@H]2c2ccc(OC)cc2)C[C@@H]1c1ccc(C(F)(F)F)cc1N1CCC(C(=O)N(C)C)CC1. The highest BCUT2D eigenvalue weighted by Crippen LogP contribution is 2.44. The molecular formula is C38H47F3N6O4. The number of aryl methyl sites for hydroxylation is 1. The molecule has 274 valence electrons. The molecular weight excluding hydrogens is 661 g/mol. The van der Waals surface area contributed by atoms with Gasteiger partial charge in [0.2, 0.25) is 11.8 Å². The maximum Gasteiger partial charge on any atom is 0.416 e. The Bertz CT molecular complexity index is 1700. The number of aromatic nitrogens is 2. The van der Waals surface area contributed by atoms with Crippen molar-refractivity contribution >= 4 is 23.3 Å². The van der Waals surface area contributed by atoms with Gasteiger partial charge in [0.1, 0.15) is 17.4 Å². The molecule has 10 nitrogen and oxygen atoms in total. The second-order valence-electron chi connectivity index (χ2n) is 14.2. The van der Waals surface area contributed by atoms with E-state index in [0.29, 0.717) is 70.2 Å². The maximum absolute atomic E-state index is 14.7. The summed E-state index contributed by atoms with van der Waals surface area (Å²) < 4.78 is 53.3. The third kappa shape index (κ3) is 7.78. The molecule has 0 bridgehead atoms. The summed E-state index contributed by atoms with van der Waals surface area (Å²) in [5.41, 5.74) is 1.60. The van der Waals surface area contributed by atoms with Crippen molar-refractivity contribution in [2.75, 3.05) is 84.0 Å². The first-order chi connectivity index (χ1) is 24.4. The van der Waals surface area contributed by atoms with E-state index in [-0.39, 0.29) is 41.4 Å². The van der Waals surface area contributed by atoms with Gasteiger partial charge >= 0.3 is 6.18 Å². The second-order valence-corrected chi connectivity index (χ2v) is 14.2. The molecule has 0 N–H and O–H groups in total. The Labute approximate surface area is 297 Å². The molecule has 3 saturated heterocycles. The van der Waals surface area contributed by atoms with Crippen molar-refractivity contribution in [1.29, 1.82) is 0 Å². The minimum Gasteiger partial charge on any atom is -0.497 e. The molecule has 3 aromatic rings. The standard InChI is InChI=1S/C38H47F3N6O4/c1-24-42-15-12-35(43-24)46-20-31(25-6-9-29(51-5)10-7-25)33(22-46)37(49)47-19-27(23-50-4)32(21-47)30-11-8-28(38(39,40)41)18-34(30)45-16-13-26(14-17-45)36(48)44(2)3/h6-12,15,18,26-27,31-33H,13-14,16-17,19-23H2,1-5H3/t27-,31+,32+,33-/m1/s1. The predicted octanol–water partition coefficient (Wildman–Crippen LogP) is 5.23. The Morgan fingerprint density at radius 3 is 2.27 bits per heavy atom. The van der Waals surface area contributed by atoms with E-state index in [1.165, 1.54) is 6.07 Å². The van der Waals surface area contributed by atoms with E-state index >= 15 is 0 Å². The summed E-state index contributed by atoms with van der Waals surface area (Å²) in [6.07, 6.45) is -1.68. The Balaban J connectivity index is 1.30. The molecule has 3 fully saturated rings. The van der Waals surface area contributed by atoms with Crippen LogP contribution in [0, 0.1) is 24.7 Å². The van der Waals surface area contributed by atoms with E-state index < -0.39 is 11.7 Å². The first kappa shape index (κ1) is 36.4. The van der Waals surface area contributed by atoms with Gasteiger partial charge in [0.25, 0.3) is 0 Å². The third-order valence-corrected chi connectivity index (χ3v) is 10.8. The molecule has 0 unspecified atom stereocenters. The van der Waals surface area contributed by atoms with Gasteiger partial charge in [0.15, 0.2) is 0 Å². The van der Waals surface area contributed by atoms with Crippen LogP contribution in [-0.4, -0.2) is 106 Å². The number of amides is 2. The fourth-order valence-corrected chi connectivity index (χ4v) is 8.11. The van der Waals surface area contributed by atoms with Gasteiger partial charge in [-0.1, -0.05) is 18.2 Å². The lowest BCUT2D eigenvalue weighted by Crippen LogP contribution is -2.40.